The predicted octanol–water partition coefficient (Wildman–Crippen LogP) is 3.22. The molecule has 0 radical (unpaired) electrons. The van der Waals surface area contributed by atoms with E-state index in [9.17, 15) is 0 Å². The highest BCUT2D eigenvalue weighted by molar-refractivity contribution is 7.80. The number of rotatable bonds is 5. The van der Waals surface area contributed by atoms with Crippen molar-refractivity contribution in [2.45, 2.75) is 19.9 Å². The highest BCUT2D eigenvalue weighted by atomic mass is 35.5. The van der Waals surface area contributed by atoms with Gasteiger partial charge < -0.3 is 10.6 Å². The fraction of sp³-hybridized carbons (Fsp3) is 0.286. The van der Waals surface area contributed by atoms with Gasteiger partial charge in [-0.1, -0.05) is 17.7 Å². The van der Waals surface area contributed by atoms with E-state index in [-0.39, 0.29) is 0 Å². The molecular formula is C14H17ClN4S. The van der Waals surface area contributed by atoms with Crippen molar-refractivity contribution < 1.29 is 0 Å². The number of hydrogen-bond acceptors (Lipinski definition) is 2. The summed E-state index contributed by atoms with van der Waals surface area (Å²) in [5.74, 6) is 0. The lowest BCUT2D eigenvalue weighted by atomic mass is 10.2. The van der Waals surface area contributed by atoms with Gasteiger partial charge in [0.05, 0.1) is 0 Å². The van der Waals surface area contributed by atoms with E-state index in [1.54, 1.807) is 6.20 Å². The smallest absolute Gasteiger partial charge is 0.170 e. The minimum absolute atomic E-state index is 0.602. The molecule has 1 aromatic heterocycles. The van der Waals surface area contributed by atoms with Crippen LogP contribution in [0.2, 0.25) is 5.02 Å². The summed E-state index contributed by atoms with van der Waals surface area (Å²) in [4.78, 5) is 0. The summed E-state index contributed by atoms with van der Waals surface area (Å²) in [5, 5.41) is 11.8. The number of benzene rings is 1. The summed E-state index contributed by atoms with van der Waals surface area (Å²) >= 11 is 11.3. The Kier molecular flexibility index (Phi) is 5.38. The molecule has 0 aliphatic carbocycles. The minimum Gasteiger partial charge on any atom is -0.362 e. The Morgan fingerprint density at radius 1 is 1.45 bits per heavy atom. The molecule has 0 saturated carbocycles. The Bertz CT molecular complexity index is 569. The van der Waals surface area contributed by atoms with Crippen molar-refractivity contribution in [1.82, 2.24) is 15.1 Å². The number of halogens is 1. The normalized spacial score (nSPS) is 10.3. The van der Waals surface area contributed by atoms with Gasteiger partial charge in [-0.3, -0.25) is 4.68 Å². The molecule has 0 unspecified atom stereocenters. The standard InChI is InChI=1S/C14H17ClN4S/c1-11-4-5-12(10-13(11)15)18-14(20)16-6-2-8-19-9-3-7-17-19/h3-5,7,9-10H,2,6,8H2,1H3,(H2,16,18,20). The lowest BCUT2D eigenvalue weighted by Crippen LogP contribution is -2.29. The van der Waals surface area contributed by atoms with Gasteiger partial charge in [-0.25, -0.2) is 0 Å². The molecule has 2 aromatic rings. The fourth-order valence-electron chi connectivity index (χ4n) is 1.72. The molecule has 4 nitrogen and oxygen atoms in total. The van der Waals surface area contributed by atoms with Crippen LogP contribution in [0.15, 0.2) is 36.7 Å². The highest BCUT2D eigenvalue weighted by Crippen LogP contribution is 2.19. The van der Waals surface area contributed by atoms with Crippen LogP contribution < -0.4 is 10.6 Å². The first-order valence-corrected chi connectivity index (χ1v) is 7.22. The van der Waals surface area contributed by atoms with Crippen LogP contribution in [0.5, 0.6) is 0 Å². The molecule has 20 heavy (non-hydrogen) atoms. The molecule has 2 N–H and O–H groups in total. The van der Waals surface area contributed by atoms with Gasteiger partial charge in [0.2, 0.25) is 0 Å². The van der Waals surface area contributed by atoms with Crippen LogP contribution in [0.1, 0.15) is 12.0 Å². The zero-order valence-corrected chi connectivity index (χ0v) is 12.8. The van der Waals surface area contributed by atoms with E-state index >= 15 is 0 Å². The van der Waals surface area contributed by atoms with E-state index in [1.165, 1.54) is 0 Å². The zero-order chi connectivity index (χ0) is 14.4. The number of nitrogens with one attached hydrogen (secondary N) is 2. The molecule has 2 rings (SSSR count). The first-order chi connectivity index (χ1) is 9.65. The number of anilines is 1. The molecule has 0 atom stereocenters. The molecule has 0 fully saturated rings. The van der Waals surface area contributed by atoms with Crippen molar-refractivity contribution in [3.05, 3.63) is 47.2 Å². The van der Waals surface area contributed by atoms with E-state index in [1.807, 2.05) is 42.1 Å². The van der Waals surface area contributed by atoms with Crippen molar-refractivity contribution in [1.29, 1.82) is 0 Å². The largest absolute Gasteiger partial charge is 0.362 e. The second kappa shape index (κ2) is 7.26. The van der Waals surface area contributed by atoms with Crippen LogP contribution in [0.4, 0.5) is 5.69 Å². The number of thiocarbonyl (C=S) groups is 1. The van der Waals surface area contributed by atoms with E-state index in [0.29, 0.717) is 5.11 Å². The lowest BCUT2D eigenvalue weighted by molar-refractivity contribution is 0.574. The zero-order valence-electron chi connectivity index (χ0n) is 11.3. The Hall–Kier alpha value is -1.59. The lowest BCUT2D eigenvalue weighted by Gasteiger charge is -2.11. The van der Waals surface area contributed by atoms with Gasteiger partial charge in [0.15, 0.2) is 5.11 Å². The van der Waals surface area contributed by atoms with Crippen LogP contribution in [0.3, 0.4) is 0 Å². The van der Waals surface area contributed by atoms with Crippen molar-refractivity contribution in [3.63, 3.8) is 0 Å². The summed E-state index contributed by atoms with van der Waals surface area (Å²) in [6.45, 7) is 3.64. The first-order valence-electron chi connectivity index (χ1n) is 6.43. The number of hydrogen-bond donors (Lipinski definition) is 2. The maximum Gasteiger partial charge on any atom is 0.170 e. The van der Waals surface area contributed by atoms with Crippen molar-refractivity contribution in [2.75, 3.05) is 11.9 Å². The second-order valence-corrected chi connectivity index (χ2v) is 5.28. The molecule has 0 spiro atoms. The fourth-order valence-corrected chi connectivity index (χ4v) is 2.12. The maximum atomic E-state index is 6.07. The Labute approximate surface area is 129 Å². The number of aryl methyl sites for hydroxylation is 2. The van der Waals surface area contributed by atoms with Crippen LogP contribution in [-0.4, -0.2) is 21.4 Å². The number of aromatic nitrogens is 2. The van der Waals surface area contributed by atoms with Gasteiger partial charge >= 0.3 is 0 Å². The average molecular weight is 309 g/mol. The van der Waals surface area contributed by atoms with Gasteiger partial charge in [-0.15, -0.1) is 0 Å². The van der Waals surface area contributed by atoms with Crippen molar-refractivity contribution in [2.24, 2.45) is 0 Å². The Morgan fingerprint density at radius 3 is 3.00 bits per heavy atom. The molecule has 0 amide bonds. The molecule has 6 heteroatoms. The van der Waals surface area contributed by atoms with Gasteiger partial charge in [0.25, 0.3) is 0 Å². The third-order valence-electron chi connectivity index (χ3n) is 2.84. The monoisotopic (exact) mass is 308 g/mol. The summed E-state index contributed by atoms with van der Waals surface area (Å²) in [5.41, 5.74) is 1.94. The molecule has 0 aliphatic heterocycles. The average Bonchev–Trinajstić information content (AvgIpc) is 2.92. The van der Waals surface area contributed by atoms with E-state index in [2.05, 4.69) is 15.7 Å². The van der Waals surface area contributed by atoms with E-state index < -0.39 is 0 Å². The molecule has 106 valence electrons. The Morgan fingerprint density at radius 2 is 2.30 bits per heavy atom. The van der Waals surface area contributed by atoms with Gasteiger partial charge in [-0.2, -0.15) is 5.10 Å². The van der Waals surface area contributed by atoms with Crippen molar-refractivity contribution >= 4 is 34.6 Å². The Balaban J connectivity index is 1.71. The van der Waals surface area contributed by atoms with Gasteiger partial charge in [0, 0.05) is 36.2 Å². The molecule has 0 bridgehead atoms. The topological polar surface area (TPSA) is 41.9 Å². The van der Waals surface area contributed by atoms with Crippen molar-refractivity contribution in [3.8, 4) is 0 Å². The third kappa shape index (κ3) is 4.51. The van der Waals surface area contributed by atoms with E-state index in [0.717, 1.165) is 35.8 Å². The summed E-state index contributed by atoms with van der Waals surface area (Å²) in [6, 6.07) is 7.71. The second-order valence-electron chi connectivity index (χ2n) is 4.47. The highest BCUT2D eigenvalue weighted by Gasteiger charge is 2.00. The van der Waals surface area contributed by atoms with Gasteiger partial charge in [0.1, 0.15) is 0 Å². The molecule has 0 saturated heterocycles. The van der Waals surface area contributed by atoms with Crippen LogP contribution in [0, 0.1) is 6.92 Å². The van der Waals surface area contributed by atoms with Crippen LogP contribution in [0.25, 0.3) is 0 Å². The quantitative estimate of drug-likeness (QED) is 0.657. The molecule has 0 aliphatic rings. The molecular weight excluding hydrogens is 292 g/mol. The predicted molar refractivity (Wildman–Crippen MR) is 87.3 cm³/mol. The number of nitrogens with zero attached hydrogens (tertiary/aromatic N) is 2. The third-order valence-corrected chi connectivity index (χ3v) is 3.49. The maximum absolute atomic E-state index is 6.07. The van der Waals surface area contributed by atoms with Crippen LogP contribution in [-0.2, 0) is 6.54 Å². The SMILES string of the molecule is Cc1ccc(NC(=S)NCCCn2cccn2)cc1Cl. The molecule has 1 aromatic carbocycles. The molecule has 1 heterocycles. The van der Waals surface area contributed by atoms with Crippen LogP contribution >= 0.6 is 23.8 Å². The first kappa shape index (κ1) is 14.8. The van der Waals surface area contributed by atoms with E-state index in [4.69, 9.17) is 23.8 Å². The summed E-state index contributed by atoms with van der Waals surface area (Å²) in [6.07, 6.45) is 4.68. The summed E-state index contributed by atoms with van der Waals surface area (Å²) < 4.78 is 1.90. The van der Waals surface area contributed by atoms with Gasteiger partial charge in [-0.05, 0) is 49.3 Å². The minimum atomic E-state index is 0.602. The summed E-state index contributed by atoms with van der Waals surface area (Å²) in [7, 11) is 0.